The summed E-state index contributed by atoms with van der Waals surface area (Å²) in [6.45, 7) is -2.34. The zero-order valence-corrected chi connectivity index (χ0v) is 13.6. The first kappa shape index (κ1) is 11.8. The maximum absolute atomic E-state index is 9.99. The predicted octanol–water partition coefficient (Wildman–Crippen LogP) is 4.88. The van der Waals surface area contributed by atoms with Crippen molar-refractivity contribution in [3.63, 3.8) is 0 Å². The maximum atomic E-state index is 9.99. The first-order chi connectivity index (χ1) is 14.0. The number of hydrogen-bond acceptors (Lipinski definition) is 3. The second-order valence-electron chi connectivity index (χ2n) is 6.05. The van der Waals surface area contributed by atoms with E-state index in [0.717, 1.165) is 16.5 Å². The van der Waals surface area contributed by atoms with Crippen LogP contribution in [0.5, 0.6) is 0 Å². The lowest BCUT2D eigenvalue weighted by atomic mass is 10.1. The SMILES string of the molecule is [2H]C([2H])([2H])c1ccnc2c3ccccc3n3c(C#N)c(-c4ccccc4)nc3c12. The third-order valence-electron chi connectivity index (χ3n) is 4.61. The van der Waals surface area contributed by atoms with Gasteiger partial charge in [-0.3, -0.25) is 9.38 Å². The number of para-hydroxylation sites is 1. The molecule has 122 valence electrons. The summed E-state index contributed by atoms with van der Waals surface area (Å²) in [4.78, 5) is 9.24. The number of benzene rings is 2. The minimum Gasteiger partial charge on any atom is -0.283 e. The Bertz CT molecular complexity index is 1440. The van der Waals surface area contributed by atoms with Crippen molar-refractivity contribution in [3.05, 3.63) is 78.1 Å². The molecule has 2 aromatic carbocycles. The van der Waals surface area contributed by atoms with Gasteiger partial charge in [0.15, 0.2) is 5.69 Å². The summed E-state index contributed by atoms with van der Waals surface area (Å²) >= 11 is 0. The Labute approximate surface area is 154 Å². The average Bonchev–Trinajstić information content (AvgIpc) is 3.13. The van der Waals surface area contributed by atoms with Gasteiger partial charge in [0.25, 0.3) is 0 Å². The van der Waals surface area contributed by atoms with Gasteiger partial charge in [-0.1, -0.05) is 48.5 Å². The summed E-state index contributed by atoms with van der Waals surface area (Å²) in [6.07, 6.45) is 1.51. The van der Waals surface area contributed by atoms with Gasteiger partial charge in [0.1, 0.15) is 17.4 Å². The molecule has 0 radical (unpaired) electrons. The molecule has 0 unspecified atom stereocenters. The number of pyridine rings is 2. The van der Waals surface area contributed by atoms with Gasteiger partial charge >= 0.3 is 0 Å². The van der Waals surface area contributed by atoms with Crippen molar-refractivity contribution >= 4 is 27.5 Å². The predicted molar refractivity (Wildman–Crippen MR) is 103 cm³/mol. The molecule has 0 saturated heterocycles. The molecule has 0 aliphatic heterocycles. The molecular weight excluding hydrogens is 320 g/mol. The highest BCUT2D eigenvalue weighted by Crippen LogP contribution is 2.34. The van der Waals surface area contributed by atoms with Gasteiger partial charge < -0.3 is 0 Å². The van der Waals surface area contributed by atoms with Crippen molar-refractivity contribution in [3.8, 4) is 17.3 Å². The van der Waals surface area contributed by atoms with E-state index in [0.29, 0.717) is 27.9 Å². The smallest absolute Gasteiger partial charge is 0.153 e. The lowest BCUT2D eigenvalue weighted by molar-refractivity contribution is 1.22. The molecule has 0 N–H and O–H groups in total. The molecule has 0 aliphatic carbocycles. The summed E-state index contributed by atoms with van der Waals surface area (Å²) in [5, 5.41) is 11.2. The quantitative estimate of drug-likeness (QED) is 0.410. The van der Waals surface area contributed by atoms with Crippen LogP contribution in [0, 0.1) is 18.2 Å². The highest BCUT2D eigenvalue weighted by Gasteiger charge is 2.20. The number of aromatic nitrogens is 3. The minimum atomic E-state index is -2.34. The molecule has 4 nitrogen and oxygen atoms in total. The van der Waals surface area contributed by atoms with Gasteiger partial charge in [0.2, 0.25) is 0 Å². The molecule has 3 heterocycles. The summed E-state index contributed by atoms with van der Waals surface area (Å²) in [5.41, 5.74) is 3.60. The van der Waals surface area contributed by atoms with E-state index in [1.165, 1.54) is 12.3 Å². The molecular formula is C22H14N4. The maximum Gasteiger partial charge on any atom is 0.153 e. The lowest BCUT2D eigenvalue weighted by Gasteiger charge is -2.09. The summed E-state index contributed by atoms with van der Waals surface area (Å²) in [7, 11) is 0. The first-order valence-electron chi connectivity index (χ1n) is 9.68. The van der Waals surface area contributed by atoms with Crippen LogP contribution in [0.15, 0.2) is 66.9 Å². The number of nitrogens with zero attached hydrogens (tertiary/aromatic N) is 4. The Hall–Kier alpha value is -3.71. The van der Waals surface area contributed by atoms with Gasteiger partial charge in [0.05, 0.1) is 11.0 Å². The second-order valence-corrected chi connectivity index (χ2v) is 6.05. The number of hydrogen-bond donors (Lipinski definition) is 0. The second kappa shape index (κ2) is 5.40. The van der Waals surface area contributed by atoms with Crippen LogP contribution in [-0.4, -0.2) is 14.4 Å². The molecule has 0 bridgehead atoms. The van der Waals surface area contributed by atoms with E-state index in [9.17, 15) is 5.26 Å². The number of rotatable bonds is 1. The third kappa shape index (κ3) is 1.88. The fourth-order valence-electron chi connectivity index (χ4n) is 3.48. The summed E-state index contributed by atoms with van der Waals surface area (Å²) < 4.78 is 25.8. The molecule has 26 heavy (non-hydrogen) atoms. The van der Waals surface area contributed by atoms with Gasteiger partial charge in [0, 0.05) is 26.6 Å². The van der Waals surface area contributed by atoms with Crippen molar-refractivity contribution in [2.45, 2.75) is 6.85 Å². The molecule has 5 rings (SSSR count). The van der Waals surface area contributed by atoms with E-state index in [2.05, 4.69) is 11.1 Å². The Kier molecular flexibility index (Phi) is 2.45. The Balaban J connectivity index is 2.10. The van der Waals surface area contributed by atoms with Crippen LogP contribution in [-0.2, 0) is 0 Å². The molecule has 5 aromatic rings. The number of aryl methyl sites for hydroxylation is 1. The molecule has 0 fully saturated rings. The summed E-state index contributed by atoms with van der Waals surface area (Å²) in [5.74, 6) is 0. The Morgan fingerprint density at radius 3 is 2.65 bits per heavy atom. The van der Waals surface area contributed by atoms with Crippen LogP contribution in [0.25, 0.3) is 38.7 Å². The molecule has 3 aromatic heterocycles. The van der Waals surface area contributed by atoms with Gasteiger partial charge in [-0.05, 0) is 24.5 Å². The van der Waals surface area contributed by atoms with Crippen molar-refractivity contribution in [2.75, 3.05) is 0 Å². The van der Waals surface area contributed by atoms with Crippen LogP contribution < -0.4 is 0 Å². The normalized spacial score (nSPS) is 13.4. The Morgan fingerprint density at radius 2 is 1.85 bits per heavy atom. The summed E-state index contributed by atoms with van der Waals surface area (Å²) in [6, 6.07) is 20.7. The molecule has 0 saturated carbocycles. The van der Waals surface area contributed by atoms with Crippen LogP contribution >= 0.6 is 0 Å². The lowest BCUT2D eigenvalue weighted by Crippen LogP contribution is -1.96. The molecule has 0 amide bonds. The van der Waals surface area contributed by atoms with E-state index in [1.54, 1.807) is 4.40 Å². The number of imidazole rings is 1. The van der Waals surface area contributed by atoms with Crippen molar-refractivity contribution < 1.29 is 4.11 Å². The molecule has 0 aliphatic rings. The highest BCUT2D eigenvalue weighted by atomic mass is 15.0. The Morgan fingerprint density at radius 1 is 1.04 bits per heavy atom. The van der Waals surface area contributed by atoms with Gasteiger partial charge in [-0.25, -0.2) is 4.98 Å². The van der Waals surface area contributed by atoms with E-state index >= 15 is 0 Å². The number of nitriles is 1. The van der Waals surface area contributed by atoms with Crippen LogP contribution in [0.2, 0.25) is 0 Å². The third-order valence-corrected chi connectivity index (χ3v) is 4.61. The first-order valence-corrected chi connectivity index (χ1v) is 8.18. The molecule has 0 atom stereocenters. The van der Waals surface area contributed by atoms with Crippen LogP contribution in [0.3, 0.4) is 0 Å². The highest BCUT2D eigenvalue weighted by molar-refractivity contribution is 6.11. The van der Waals surface area contributed by atoms with Crippen LogP contribution in [0.1, 0.15) is 15.4 Å². The largest absolute Gasteiger partial charge is 0.283 e. The number of fused-ring (bicyclic) bond motifs is 6. The van der Waals surface area contributed by atoms with Crippen molar-refractivity contribution in [1.82, 2.24) is 14.4 Å². The van der Waals surface area contributed by atoms with E-state index in [1.807, 2.05) is 54.6 Å². The van der Waals surface area contributed by atoms with Crippen molar-refractivity contribution in [1.29, 1.82) is 5.26 Å². The van der Waals surface area contributed by atoms with Crippen LogP contribution in [0.4, 0.5) is 0 Å². The van der Waals surface area contributed by atoms with Gasteiger partial charge in [-0.2, -0.15) is 5.26 Å². The van der Waals surface area contributed by atoms with E-state index in [4.69, 9.17) is 9.10 Å². The monoisotopic (exact) mass is 337 g/mol. The molecule has 0 spiro atoms. The van der Waals surface area contributed by atoms with E-state index < -0.39 is 6.85 Å². The molecule has 4 heteroatoms. The fraction of sp³-hybridized carbons (Fsp3) is 0.0455. The zero-order valence-electron chi connectivity index (χ0n) is 16.6. The van der Waals surface area contributed by atoms with Gasteiger partial charge in [-0.15, -0.1) is 0 Å². The van der Waals surface area contributed by atoms with Crippen molar-refractivity contribution in [2.24, 2.45) is 0 Å². The topological polar surface area (TPSA) is 54.0 Å². The standard InChI is InChI=1S/C22H14N4/c1-14-11-12-24-21-16-9-5-6-10-17(16)26-18(13-23)20(25-22(26)19(14)21)15-7-3-2-4-8-15/h2-12H,1H3/i1D3. The zero-order chi connectivity index (χ0) is 20.2. The fourth-order valence-corrected chi connectivity index (χ4v) is 3.48. The average molecular weight is 337 g/mol. The van der Waals surface area contributed by atoms with E-state index in [-0.39, 0.29) is 5.56 Å². The minimum absolute atomic E-state index is 0.173.